The molecule has 3 heterocycles. The SMILES string of the molecule is O=C(NC1CCCCC1)C1CCCN1C(=O)c1nc(C2CC2)n2ccccc12. The Morgan fingerprint density at radius 1 is 1.00 bits per heavy atom. The molecule has 0 bridgehead atoms. The van der Waals surface area contributed by atoms with Crippen LogP contribution in [0.2, 0.25) is 0 Å². The second-order valence-corrected chi connectivity index (χ2v) is 8.55. The molecule has 1 N–H and O–H groups in total. The number of aromatic nitrogens is 2. The van der Waals surface area contributed by atoms with E-state index >= 15 is 0 Å². The molecule has 3 fully saturated rings. The molecular formula is C22H28N4O2. The van der Waals surface area contributed by atoms with Gasteiger partial charge in [0.15, 0.2) is 5.69 Å². The van der Waals surface area contributed by atoms with Crippen LogP contribution < -0.4 is 5.32 Å². The van der Waals surface area contributed by atoms with Gasteiger partial charge in [-0.2, -0.15) is 0 Å². The summed E-state index contributed by atoms with van der Waals surface area (Å²) in [6.07, 6.45) is 11.6. The van der Waals surface area contributed by atoms with Gasteiger partial charge in [-0.3, -0.25) is 9.59 Å². The maximum absolute atomic E-state index is 13.4. The number of amides is 2. The summed E-state index contributed by atoms with van der Waals surface area (Å²) in [6.45, 7) is 0.631. The minimum Gasteiger partial charge on any atom is -0.352 e. The summed E-state index contributed by atoms with van der Waals surface area (Å²) in [5.74, 6) is 1.36. The van der Waals surface area contributed by atoms with Gasteiger partial charge in [0.2, 0.25) is 5.91 Å². The highest BCUT2D eigenvalue weighted by Gasteiger charge is 2.38. The monoisotopic (exact) mass is 380 g/mol. The number of hydrogen-bond acceptors (Lipinski definition) is 3. The number of nitrogens with zero attached hydrogens (tertiary/aromatic N) is 3. The third-order valence-electron chi connectivity index (χ3n) is 6.49. The maximum Gasteiger partial charge on any atom is 0.275 e. The highest BCUT2D eigenvalue weighted by atomic mass is 16.2. The Morgan fingerprint density at radius 3 is 2.61 bits per heavy atom. The average Bonchev–Trinajstić information content (AvgIpc) is 3.31. The van der Waals surface area contributed by atoms with E-state index in [1.807, 2.05) is 24.4 Å². The van der Waals surface area contributed by atoms with Crippen molar-refractivity contribution in [1.82, 2.24) is 19.6 Å². The van der Waals surface area contributed by atoms with Crippen LogP contribution in [-0.2, 0) is 4.79 Å². The number of rotatable bonds is 4. The van der Waals surface area contributed by atoms with Crippen LogP contribution in [0.4, 0.5) is 0 Å². The zero-order valence-electron chi connectivity index (χ0n) is 16.3. The van der Waals surface area contributed by atoms with Crippen LogP contribution in [0.5, 0.6) is 0 Å². The third kappa shape index (κ3) is 3.19. The van der Waals surface area contributed by atoms with Gasteiger partial charge in [-0.1, -0.05) is 25.3 Å². The molecule has 1 saturated heterocycles. The van der Waals surface area contributed by atoms with Gasteiger partial charge in [-0.25, -0.2) is 4.98 Å². The number of carbonyl (C=O) groups excluding carboxylic acids is 2. The minimum absolute atomic E-state index is 0.0173. The molecule has 2 aromatic heterocycles. The van der Waals surface area contributed by atoms with E-state index < -0.39 is 0 Å². The van der Waals surface area contributed by atoms with E-state index in [9.17, 15) is 9.59 Å². The van der Waals surface area contributed by atoms with E-state index in [-0.39, 0.29) is 23.9 Å². The van der Waals surface area contributed by atoms with Crippen molar-refractivity contribution in [2.24, 2.45) is 0 Å². The van der Waals surface area contributed by atoms with Crippen LogP contribution >= 0.6 is 0 Å². The van der Waals surface area contributed by atoms with Crippen molar-refractivity contribution in [3.63, 3.8) is 0 Å². The third-order valence-corrected chi connectivity index (χ3v) is 6.49. The van der Waals surface area contributed by atoms with Crippen molar-refractivity contribution >= 4 is 17.3 Å². The molecule has 148 valence electrons. The fourth-order valence-electron chi connectivity index (χ4n) is 4.81. The Bertz CT molecular complexity index is 895. The van der Waals surface area contributed by atoms with Crippen molar-refractivity contribution in [1.29, 1.82) is 0 Å². The Labute approximate surface area is 165 Å². The first-order valence-corrected chi connectivity index (χ1v) is 10.8. The number of nitrogens with one attached hydrogen (secondary N) is 1. The number of likely N-dealkylation sites (tertiary alicyclic amines) is 1. The molecule has 2 aliphatic carbocycles. The quantitative estimate of drug-likeness (QED) is 0.885. The first kappa shape index (κ1) is 17.7. The van der Waals surface area contributed by atoms with E-state index in [1.165, 1.54) is 19.3 Å². The van der Waals surface area contributed by atoms with E-state index in [0.717, 1.165) is 49.9 Å². The van der Waals surface area contributed by atoms with Crippen molar-refractivity contribution in [3.05, 3.63) is 35.9 Å². The summed E-state index contributed by atoms with van der Waals surface area (Å²) >= 11 is 0. The summed E-state index contributed by atoms with van der Waals surface area (Å²) in [5, 5.41) is 3.21. The summed E-state index contributed by atoms with van der Waals surface area (Å²) < 4.78 is 2.05. The van der Waals surface area contributed by atoms with Crippen LogP contribution in [0, 0.1) is 0 Å². The Hall–Kier alpha value is -2.37. The molecule has 1 unspecified atom stereocenters. The number of hydrogen-bond donors (Lipinski definition) is 1. The highest BCUT2D eigenvalue weighted by Crippen LogP contribution is 2.40. The van der Waals surface area contributed by atoms with Gasteiger partial charge in [0, 0.05) is 24.7 Å². The van der Waals surface area contributed by atoms with Crippen LogP contribution in [0.3, 0.4) is 0 Å². The molecule has 1 aliphatic heterocycles. The van der Waals surface area contributed by atoms with Crippen LogP contribution in [0.15, 0.2) is 24.4 Å². The summed E-state index contributed by atoms with van der Waals surface area (Å²) in [6, 6.07) is 5.79. The first-order valence-electron chi connectivity index (χ1n) is 10.8. The molecule has 28 heavy (non-hydrogen) atoms. The van der Waals surface area contributed by atoms with Gasteiger partial charge in [-0.15, -0.1) is 0 Å². The minimum atomic E-state index is -0.362. The van der Waals surface area contributed by atoms with Crippen molar-refractivity contribution in [2.75, 3.05) is 6.54 Å². The van der Waals surface area contributed by atoms with Gasteiger partial charge < -0.3 is 14.6 Å². The Balaban J connectivity index is 1.38. The lowest BCUT2D eigenvalue weighted by Crippen LogP contribution is -2.49. The molecule has 1 atom stereocenters. The maximum atomic E-state index is 13.4. The van der Waals surface area contributed by atoms with Crippen LogP contribution in [0.1, 0.15) is 80.0 Å². The number of imidazole rings is 1. The highest BCUT2D eigenvalue weighted by molar-refractivity contribution is 6.01. The molecule has 5 rings (SSSR count). The van der Waals surface area contributed by atoms with E-state index in [1.54, 1.807) is 4.90 Å². The summed E-state index contributed by atoms with van der Waals surface area (Å²) in [7, 11) is 0. The first-order chi connectivity index (χ1) is 13.7. The standard InChI is InChI=1S/C22H28N4O2/c27-21(23-16-7-2-1-3-8-16)18-10-6-14-26(18)22(28)19-17-9-4-5-13-25(17)20(24-19)15-11-12-15/h4-5,9,13,15-16,18H,1-3,6-8,10-12,14H2,(H,23,27). The summed E-state index contributed by atoms with van der Waals surface area (Å²) in [4.78, 5) is 32.8. The van der Waals surface area contributed by atoms with E-state index in [4.69, 9.17) is 4.98 Å². The molecule has 2 amide bonds. The number of carbonyl (C=O) groups is 2. The van der Waals surface area contributed by atoms with Crippen LogP contribution in [0.25, 0.3) is 5.52 Å². The smallest absolute Gasteiger partial charge is 0.275 e. The van der Waals surface area contributed by atoms with Gasteiger partial charge in [0.25, 0.3) is 5.91 Å². The average molecular weight is 380 g/mol. The Morgan fingerprint density at radius 2 is 1.82 bits per heavy atom. The molecule has 0 aromatic carbocycles. The van der Waals surface area contributed by atoms with E-state index in [2.05, 4.69) is 9.72 Å². The lowest BCUT2D eigenvalue weighted by atomic mass is 9.95. The van der Waals surface area contributed by atoms with Crippen molar-refractivity contribution in [2.45, 2.75) is 75.8 Å². The van der Waals surface area contributed by atoms with Crippen molar-refractivity contribution in [3.8, 4) is 0 Å². The lowest BCUT2D eigenvalue weighted by molar-refractivity contribution is -0.125. The lowest BCUT2D eigenvalue weighted by Gasteiger charge is -2.28. The topological polar surface area (TPSA) is 66.7 Å². The molecular weight excluding hydrogens is 352 g/mol. The largest absolute Gasteiger partial charge is 0.352 e. The van der Waals surface area contributed by atoms with Crippen molar-refractivity contribution < 1.29 is 9.59 Å². The Kier molecular flexibility index (Phi) is 4.57. The molecule has 2 saturated carbocycles. The molecule has 0 radical (unpaired) electrons. The molecule has 6 nitrogen and oxygen atoms in total. The van der Waals surface area contributed by atoms with Gasteiger partial charge in [-0.05, 0) is 50.7 Å². The number of fused-ring (bicyclic) bond motifs is 1. The number of pyridine rings is 1. The predicted molar refractivity (Wildman–Crippen MR) is 106 cm³/mol. The zero-order chi connectivity index (χ0) is 19.1. The van der Waals surface area contributed by atoms with Crippen LogP contribution in [-0.4, -0.2) is 44.7 Å². The summed E-state index contributed by atoms with van der Waals surface area (Å²) in [5.41, 5.74) is 1.35. The second-order valence-electron chi connectivity index (χ2n) is 8.55. The molecule has 0 spiro atoms. The normalized spacial score (nSPS) is 23.3. The van der Waals surface area contributed by atoms with Gasteiger partial charge >= 0.3 is 0 Å². The fourth-order valence-corrected chi connectivity index (χ4v) is 4.81. The van der Waals surface area contributed by atoms with Gasteiger partial charge in [0.05, 0.1) is 5.52 Å². The molecule has 2 aromatic rings. The second kappa shape index (κ2) is 7.22. The van der Waals surface area contributed by atoms with Gasteiger partial charge in [0.1, 0.15) is 11.9 Å². The fraction of sp³-hybridized carbons (Fsp3) is 0.591. The van der Waals surface area contributed by atoms with E-state index in [0.29, 0.717) is 18.2 Å². The predicted octanol–water partition coefficient (Wildman–Crippen LogP) is 3.27. The molecule has 3 aliphatic rings. The molecule has 6 heteroatoms. The zero-order valence-corrected chi connectivity index (χ0v) is 16.3.